The van der Waals surface area contributed by atoms with Crippen LogP contribution in [0.25, 0.3) is 5.57 Å². The predicted molar refractivity (Wildman–Crippen MR) is 108 cm³/mol. The summed E-state index contributed by atoms with van der Waals surface area (Å²) < 4.78 is 5.56. The summed E-state index contributed by atoms with van der Waals surface area (Å²) in [5.74, 6) is 0.0663. The maximum Gasteiger partial charge on any atom is 0.220 e. The second-order valence-electron chi connectivity index (χ2n) is 6.21. The molecule has 1 atom stereocenters. The van der Waals surface area contributed by atoms with Crippen molar-refractivity contribution < 1.29 is 9.32 Å². The van der Waals surface area contributed by atoms with Crippen LogP contribution in [0, 0.1) is 6.92 Å². The van der Waals surface area contributed by atoms with Gasteiger partial charge in [-0.05, 0) is 31.6 Å². The molecule has 2 heterocycles. The molecule has 0 aliphatic carbocycles. The summed E-state index contributed by atoms with van der Waals surface area (Å²) in [6, 6.07) is 6.80. The van der Waals surface area contributed by atoms with Gasteiger partial charge in [0.15, 0.2) is 5.76 Å². The van der Waals surface area contributed by atoms with Gasteiger partial charge >= 0.3 is 0 Å². The Balaban J connectivity index is 2.33. The van der Waals surface area contributed by atoms with Crippen molar-refractivity contribution in [2.24, 2.45) is 10.7 Å². The number of carbonyl (C=O) groups is 1. The summed E-state index contributed by atoms with van der Waals surface area (Å²) in [5, 5.41) is 4.72. The van der Waals surface area contributed by atoms with E-state index in [4.69, 9.17) is 26.9 Å². The molecule has 138 valence electrons. The number of carbonyl (C=O) groups excluding carboxylic acids is 1. The third kappa shape index (κ3) is 3.64. The summed E-state index contributed by atoms with van der Waals surface area (Å²) in [6.45, 7) is 7.78. The molecule has 1 aromatic carbocycles. The average molecular weight is 382 g/mol. The van der Waals surface area contributed by atoms with Gasteiger partial charge in [-0.15, -0.1) is 0 Å². The number of hydrogen-bond donors (Lipinski definition) is 1. The summed E-state index contributed by atoms with van der Waals surface area (Å²) in [7, 11) is 0. The fourth-order valence-corrected chi connectivity index (χ4v) is 3.33. The molecule has 1 aliphatic heterocycles. The van der Waals surface area contributed by atoms with Gasteiger partial charge in [0, 0.05) is 16.2 Å². The molecule has 5 nitrogen and oxygen atoms in total. The Hall–Kier alpha value is -2.92. The van der Waals surface area contributed by atoms with E-state index < -0.39 is 11.9 Å². The van der Waals surface area contributed by atoms with Crippen LogP contribution >= 0.6 is 11.6 Å². The number of halogens is 1. The highest BCUT2D eigenvalue weighted by Crippen LogP contribution is 2.39. The van der Waals surface area contributed by atoms with Crippen molar-refractivity contribution in [1.82, 2.24) is 5.16 Å². The topological polar surface area (TPSA) is 81.5 Å². The van der Waals surface area contributed by atoms with Gasteiger partial charge in [-0.3, -0.25) is 9.79 Å². The minimum atomic E-state index is -0.568. The maximum absolute atomic E-state index is 11.7. The summed E-state index contributed by atoms with van der Waals surface area (Å²) in [5.41, 5.74) is 10.3. The Morgan fingerprint density at radius 1 is 1.33 bits per heavy atom. The smallest absolute Gasteiger partial charge is 0.220 e. The Labute approximate surface area is 162 Å². The van der Waals surface area contributed by atoms with E-state index in [1.54, 1.807) is 18.2 Å². The molecule has 1 aliphatic rings. The predicted octanol–water partition coefficient (Wildman–Crippen LogP) is 4.57. The molecule has 1 amide bonds. The number of allylic oxidation sites excluding steroid dienone is 5. The van der Waals surface area contributed by atoms with E-state index in [1.807, 2.05) is 38.1 Å². The minimum Gasteiger partial charge on any atom is -0.370 e. The van der Waals surface area contributed by atoms with Crippen LogP contribution in [0.15, 0.2) is 64.2 Å². The van der Waals surface area contributed by atoms with Gasteiger partial charge in [-0.25, -0.2) is 0 Å². The number of hydrogen-bond acceptors (Lipinski definition) is 4. The molecule has 3 rings (SSSR count). The number of benzene rings is 1. The number of nitrogens with zero attached hydrogens (tertiary/aromatic N) is 2. The number of aliphatic imine (C=N–C) groups is 1. The van der Waals surface area contributed by atoms with Gasteiger partial charge in [0.05, 0.1) is 23.4 Å². The van der Waals surface area contributed by atoms with Crippen molar-refractivity contribution in [2.75, 3.05) is 0 Å². The second kappa shape index (κ2) is 7.76. The van der Waals surface area contributed by atoms with Crippen molar-refractivity contribution in [3.05, 3.63) is 82.2 Å². The number of rotatable bonds is 5. The number of aromatic nitrogens is 1. The standard InChI is InChI=1S/C21H20ClN3O2/c1-4-6-16-15(5-2)20(13-7-9-14(22)10-8-13)24-17(11-18(23)26)21-19(16)12(3)25-27-21/h4-10,17H,2,11H2,1,3H3,(H2,23,26)/b6-4-/t17-/m0/s1. The lowest BCUT2D eigenvalue weighted by atomic mass is 9.92. The second-order valence-corrected chi connectivity index (χ2v) is 6.65. The number of amides is 1. The first-order chi connectivity index (χ1) is 13.0. The number of aryl methyl sites for hydroxylation is 1. The summed E-state index contributed by atoms with van der Waals surface area (Å²) in [6.07, 6.45) is 5.68. The Morgan fingerprint density at radius 2 is 2.04 bits per heavy atom. The van der Waals surface area contributed by atoms with Gasteiger partial charge in [-0.2, -0.15) is 0 Å². The van der Waals surface area contributed by atoms with Gasteiger partial charge in [0.1, 0.15) is 6.04 Å². The van der Waals surface area contributed by atoms with E-state index in [0.717, 1.165) is 28.0 Å². The molecule has 0 bridgehead atoms. The largest absolute Gasteiger partial charge is 0.370 e. The molecular weight excluding hydrogens is 362 g/mol. The summed E-state index contributed by atoms with van der Waals surface area (Å²) in [4.78, 5) is 16.5. The zero-order valence-corrected chi connectivity index (χ0v) is 16.0. The van der Waals surface area contributed by atoms with E-state index >= 15 is 0 Å². The van der Waals surface area contributed by atoms with Crippen LogP contribution in [0.5, 0.6) is 0 Å². The maximum atomic E-state index is 11.7. The van der Waals surface area contributed by atoms with Crippen LogP contribution in [0.1, 0.15) is 42.0 Å². The van der Waals surface area contributed by atoms with Gasteiger partial charge in [0.2, 0.25) is 5.91 Å². The third-order valence-electron chi connectivity index (χ3n) is 4.34. The first kappa shape index (κ1) is 18.9. The Kier molecular flexibility index (Phi) is 5.42. The molecule has 2 N–H and O–H groups in total. The monoisotopic (exact) mass is 381 g/mol. The van der Waals surface area contributed by atoms with Crippen LogP contribution in [-0.4, -0.2) is 16.8 Å². The van der Waals surface area contributed by atoms with E-state index in [1.165, 1.54) is 0 Å². The van der Waals surface area contributed by atoms with Gasteiger partial charge in [-0.1, -0.05) is 53.7 Å². The molecule has 0 spiro atoms. The van der Waals surface area contributed by atoms with Crippen molar-refractivity contribution in [1.29, 1.82) is 0 Å². The van der Waals surface area contributed by atoms with Crippen molar-refractivity contribution in [2.45, 2.75) is 26.3 Å². The Morgan fingerprint density at radius 3 is 2.63 bits per heavy atom. The summed E-state index contributed by atoms with van der Waals surface area (Å²) >= 11 is 6.04. The first-order valence-electron chi connectivity index (χ1n) is 8.54. The molecule has 27 heavy (non-hydrogen) atoms. The highest BCUT2D eigenvalue weighted by molar-refractivity contribution is 6.30. The first-order valence-corrected chi connectivity index (χ1v) is 8.92. The zero-order valence-electron chi connectivity index (χ0n) is 15.2. The van der Waals surface area contributed by atoms with Crippen LogP contribution in [0.2, 0.25) is 5.02 Å². The van der Waals surface area contributed by atoms with Crippen molar-refractivity contribution >= 4 is 28.8 Å². The average Bonchev–Trinajstić information content (AvgIpc) is 2.95. The van der Waals surface area contributed by atoms with E-state index in [0.29, 0.717) is 16.5 Å². The molecule has 1 aromatic heterocycles. The highest BCUT2D eigenvalue weighted by Gasteiger charge is 2.31. The van der Waals surface area contributed by atoms with Gasteiger partial charge in [0.25, 0.3) is 0 Å². The van der Waals surface area contributed by atoms with Crippen LogP contribution in [0.3, 0.4) is 0 Å². The molecule has 0 fully saturated rings. The van der Waals surface area contributed by atoms with Crippen molar-refractivity contribution in [3.63, 3.8) is 0 Å². The van der Waals surface area contributed by atoms with Crippen LogP contribution in [0.4, 0.5) is 0 Å². The molecular formula is C21H20ClN3O2. The number of fused-ring (bicyclic) bond motifs is 1. The lowest BCUT2D eigenvalue weighted by Crippen LogP contribution is -2.15. The van der Waals surface area contributed by atoms with Crippen molar-refractivity contribution in [3.8, 4) is 0 Å². The molecule has 0 radical (unpaired) electrons. The van der Waals surface area contributed by atoms with Gasteiger partial charge < -0.3 is 10.3 Å². The highest BCUT2D eigenvalue weighted by atomic mass is 35.5. The SMILES string of the molecule is C=CC1=C(/C=C\C)c2c(C)noc2[C@H](CC(N)=O)N=C1c1ccc(Cl)cc1. The Bertz CT molecular complexity index is 981. The van der Waals surface area contributed by atoms with E-state index in [9.17, 15) is 4.79 Å². The molecule has 6 heteroatoms. The minimum absolute atomic E-state index is 0.0201. The lowest BCUT2D eigenvalue weighted by molar-refractivity contribution is -0.118. The lowest BCUT2D eigenvalue weighted by Gasteiger charge is -2.12. The number of primary amides is 1. The fraction of sp³-hybridized carbons (Fsp3) is 0.190. The number of nitrogens with two attached hydrogens (primary N) is 1. The molecule has 0 saturated carbocycles. The fourth-order valence-electron chi connectivity index (χ4n) is 3.20. The van der Waals surface area contributed by atoms with Crippen LogP contribution < -0.4 is 5.73 Å². The molecule has 2 aromatic rings. The van der Waals surface area contributed by atoms with Crippen LogP contribution in [-0.2, 0) is 4.79 Å². The van der Waals surface area contributed by atoms with E-state index in [-0.39, 0.29) is 6.42 Å². The van der Waals surface area contributed by atoms with E-state index in [2.05, 4.69) is 11.7 Å². The normalized spacial score (nSPS) is 16.9. The quantitative estimate of drug-likeness (QED) is 0.823. The zero-order chi connectivity index (χ0) is 19.6. The third-order valence-corrected chi connectivity index (χ3v) is 4.59. The molecule has 0 saturated heterocycles. The molecule has 0 unspecified atom stereocenters.